The number of likely N-dealkylation sites (N-methyl/N-ethyl adjacent to an activating group) is 1. The molecule has 1 aromatic heterocycles. The lowest BCUT2D eigenvalue weighted by atomic mass is 10.1. The Morgan fingerprint density at radius 1 is 1.32 bits per heavy atom. The first kappa shape index (κ1) is 14.7. The van der Waals surface area contributed by atoms with Gasteiger partial charge in [0.15, 0.2) is 0 Å². The zero-order chi connectivity index (χ0) is 13.7. The SMILES string of the molecule is CCCNc1nnc(CN2CCN(C)C(CC)C2)s1. The molecule has 5 nitrogen and oxygen atoms in total. The molecule has 0 spiro atoms. The maximum atomic E-state index is 4.28. The maximum Gasteiger partial charge on any atom is 0.205 e. The predicted molar refractivity (Wildman–Crippen MR) is 80.7 cm³/mol. The molecule has 0 radical (unpaired) electrons. The molecule has 0 bridgehead atoms. The van der Waals surface area contributed by atoms with E-state index in [1.807, 2.05) is 0 Å². The molecule has 1 unspecified atom stereocenters. The summed E-state index contributed by atoms with van der Waals surface area (Å²) < 4.78 is 0. The van der Waals surface area contributed by atoms with Crippen molar-refractivity contribution in [3.63, 3.8) is 0 Å². The summed E-state index contributed by atoms with van der Waals surface area (Å²) in [5.41, 5.74) is 0. The molecule has 1 aliphatic rings. The van der Waals surface area contributed by atoms with Gasteiger partial charge in [-0.1, -0.05) is 25.2 Å². The zero-order valence-corrected chi connectivity index (χ0v) is 13.0. The van der Waals surface area contributed by atoms with Crippen molar-refractivity contribution < 1.29 is 0 Å². The van der Waals surface area contributed by atoms with E-state index in [2.05, 4.69) is 46.2 Å². The quantitative estimate of drug-likeness (QED) is 0.863. The zero-order valence-electron chi connectivity index (χ0n) is 12.2. The van der Waals surface area contributed by atoms with E-state index in [0.717, 1.165) is 49.3 Å². The van der Waals surface area contributed by atoms with Gasteiger partial charge < -0.3 is 10.2 Å². The van der Waals surface area contributed by atoms with E-state index >= 15 is 0 Å². The van der Waals surface area contributed by atoms with Crippen LogP contribution in [0.5, 0.6) is 0 Å². The molecule has 0 aromatic carbocycles. The first-order valence-corrected chi connectivity index (χ1v) is 8.03. The molecule has 1 aliphatic heterocycles. The van der Waals surface area contributed by atoms with Gasteiger partial charge in [0.25, 0.3) is 0 Å². The van der Waals surface area contributed by atoms with Gasteiger partial charge in [-0.3, -0.25) is 4.90 Å². The molecule has 2 rings (SSSR count). The number of anilines is 1. The van der Waals surface area contributed by atoms with Gasteiger partial charge in [-0.25, -0.2) is 0 Å². The summed E-state index contributed by atoms with van der Waals surface area (Å²) >= 11 is 1.69. The van der Waals surface area contributed by atoms with E-state index in [4.69, 9.17) is 0 Å². The molecule has 1 saturated heterocycles. The minimum absolute atomic E-state index is 0.680. The first-order valence-electron chi connectivity index (χ1n) is 7.21. The number of nitrogens with zero attached hydrogens (tertiary/aromatic N) is 4. The number of rotatable bonds is 6. The molecule has 108 valence electrons. The summed E-state index contributed by atoms with van der Waals surface area (Å²) in [6, 6.07) is 0.680. The molecule has 6 heteroatoms. The van der Waals surface area contributed by atoms with Crippen LogP contribution >= 0.6 is 11.3 Å². The van der Waals surface area contributed by atoms with Crippen molar-refractivity contribution in [3.8, 4) is 0 Å². The van der Waals surface area contributed by atoms with E-state index in [-0.39, 0.29) is 0 Å². The van der Waals surface area contributed by atoms with Crippen LogP contribution in [0.4, 0.5) is 5.13 Å². The first-order chi connectivity index (χ1) is 9.22. The average Bonchev–Trinajstić information content (AvgIpc) is 2.86. The van der Waals surface area contributed by atoms with E-state index in [1.54, 1.807) is 11.3 Å². The summed E-state index contributed by atoms with van der Waals surface area (Å²) in [5, 5.41) is 13.9. The van der Waals surface area contributed by atoms with E-state index in [9.17, 15) is 0 Å². The molecule has 0 amide bonds. The summed E-state index contributed by atoms with van der Waals surface area (Å²) in [6.45, 7) is 9.76. The fraction of sp³-hybridized carbons (Fsp3) is 0.846. The monoisotopic (exact) mass is 283 g/mol. The van der Waals surface area contributed by atoms with Crippen LogP contribution in [-0.4, -0.2) is 59.3 Å². The maximum absolute atomic E-state index is 4.28. The van der Waals surface area contributed by atoms with Crippen molar-refractivity contribution >= 4 is 16.5 Å². The highest BCUT2D eigenvalue weighted by Crippen LogP contribution is 2.19. The van der Waals surface area contributed by atoms with Crippen LogP contribution < -0.4 is 5.32 Å². The minimum Gasteiger partial charge on any atom is -0.360 e. The van der Waals surface area contributed by atoms with Crippen molar-refractivity contribution in [2.24, 2.45) is 0 Å². The normalized spacial score (nSPS) is 21.7. The van der Waals surface area contributed by atoms with Crippen LogP contribution in [0.25, 0.3) is 0 Å². The summed E-state index contributed by atoms with van der Waals surface area (Å²) in [6.07, 6.45) is 2.33. The van der Waals surface area contributed by atoms with Gasteiger partial charge in [-0.15, -0.1) is 10.2 Å². The van der Waals surface area contributed by atoms with E-state index in [0.29, 0.717) is 6.04 Å². The summed E-state index contributed by atoms with van der Waals surface area (Å²) in [5.74, 6) is 0. The largest absolute Gasteiger partial charge is 0.360 e. The Balaban J connectivity index is 1.85. The molecule has 0 saturated carbocycles. The summed E-state index contributed by atoms with van der Waals surface area (Å²) in [7, 11) is 2.23. The number of hydrogen-bond acceptors (Lipinski definition) is 6. The Morgan fingerprint density at radius 3 is 2.89 bits per heavy atom. The second-order valence-electron chi connectivity index (χ2n) is 5.21. The van der Waals surface area contributed by atoms with Crippen LogP contribution in [0.3, 0.4) is 0 Å². The van der Waals surface area contributed by atoms with Crippen molar-refractivity contribution in [1.82, 2.24) is 20.0 Å². The van der Waals surface area contributed by atoms with Gasteiger partial charge >= 0.3 is 0 Å². The lowest BCUT2D eigenvalue weighted by molar-refractivity contribution is 0.0882. The minimum atomic E-state index is 0.680. The van der Waals surface area contributed by atoms with Gasteiger partial charge in [-0.05, 0) is 19.9 Å². The van der Waals surface area contributed by atoms with Crippen molar-refractivity contribution in [2.75, 3.05) is 38.5 Å². The van der Waals surface area contributed by atoms with Crippen LogP contribution in [0, 0.1) is 0 Å². The fourth-order valence-electron chi connectivity index (χ4n) is 2.41. The molecular formula is C13H25N5S. The van der Waals surface area contributed by atoms with Crippen molar-refractivity contribution in [3.05, 3.63) is 5.01 Å². The standard InChI is InChI=1S/C13H25N5S/c1-4-6-14-13-16-15-12(19-13)10-18-8-7-17(3)11(5-2)9-18/h11H,4-10H2,1-3H3,(H,14,16). The lowest BCUT2D eigenvalue weighted by Gasteiger charge is -2.38. The third-order valence-electron chi connectivity index (χ3n) is 3.68. The van der Waals surface area contributed by atoms with E-state index in [1.165, 1.54) is 6.42 Å². The highest BCUT2D eigenvalue weighted by molar-refractivity contribution is 7.15. The second-order valence-corrected chi connectivity index (χ2v) is 6.27. The molecule has 1 aromatic rings. The average molecular weight is 283 g/mol. The number of nitrogens with one attached hydrogen (secondary N) is 1. The Hall–Kier alpha value is -0.720. The molecule has 2 heterocycles. The lowest BCUT2D eigenvalue weighted by Crippen LogP contribution is -2.50. The molecule has 19 heavy (non-hydrogen) atoms. The molecule has 1 atom stereocenters. The smallest absolute Gasteiger partial charge is 0.205 e. The third-order valence-corrected chi connectivity index (χ3v) is 4.55. The molecule has 1 fully saturated rings. The number of piperazine rings is 1. The van der Waals surface area contributed by atoms with Crippen LogP contribution in [0.2, 0.25) is 0 Å². The topological polar surface area (TPSA) is 44.3 Å². The Kier molecular flexibility index (Phi) is 5.54. The Morgan fingerprint density at radius 2 is 2.16 bits per heavy atom. The molecular weight excluding hydrogens is 258 g/mol. The highest BCUT2D eigenvalue weighted by atomic mass is 32.1. The fourth-order valence-corrected chi connectivity index (χ4v) is 3.21. The second kappa shape index (κ2) is 7.17. The number of aromatic nitrogens is 2. The van der Waals surface area contributed by atoms with Gasteiger partial charge in [0.05, 0.1) is 6.54 Å². The van der Waals surface area contributed by atoms with Crippen molar-refractivity contribution in [2.45, 2.75) is 39.3 Å². The number of hydrogen-bond donors (Lipinski definition) is 1. The van der Waals surface area contributed by atoms with Crippen LogP contribution in [0.1, 0.15) is 31.7 Å². The van der Waals surface area contributed by atoms with Crippen LogP contribution in [0.15, 0.2) is 0 Å². The van der Waals surface area contributed by atoms with Gasteiger partial charge in [0, 0.05) is 32.2 Å². The Bertz CT molecular complexity index is 381. The summed E-state index contributed by atoms with van der Waals surface area (Å²) in [4.78, 5) is 4.96. The van der Waals surface area contributed by atoms with Gasteiger partial charge in [-0.2, -0.15) is 0 Å². The Labute approximate surface area is 120 Å². The third kappa shape index (κ3) is 4.12. The van der Waals surface area contributed by atoms with Crippen LogP contribution in [-0.2, 0) is 6.54 Å². The predicted octanol–water partition coefficient (Wildman–Crippen LogP) is 1.89. The van der Waals surface area contributed by atoms with E-state index < -0.39 is 0 Å². The van der Waals surface area contributed by atoms with Crippen molar-refractivity contribution in [1.29, 1.82) is 0 Å². The highest BCUT2D eigenvalue weighted by Gasteiger charge is 2.23. The molecule has 1 N–H and O–H groups in total. The molecule has 0 aliphatic carbocycles. The van der Waals surface area contributed by atoms with Gasteiger partial charge in [0.1, 0.15) is 5.01 Å². The van der Waals surface area contributed by atoms with Gasteiger partial charge in [0.2, 0.25) is 5.13 Å².